The Hall–Kier alpha value is -2.04. The summed E-state index contributed by atoms with van der Waals surface area (Å²) >= 11 is 0. The van der Waals surface area contributed by atoms with E-state index in [1.54, 1.807) is 17.2 Å². The van der Waals surface area contributed by atoms with Gasteiger partial charge in [-0.3, -0.25) is 9.78 Å². The van der Waals surface area contributed by atoms with Gasteiger partial charge in [0, 0.05) is 48.5 Å². The molecule has 1 aromatic carbocycles. The van der Waals surface area contributed by atoms with Gasteiger partial charge in [-0.05, 0) is 37.1 Å². The Balaban J connectivity index is 1.46. The van der Waals surface area contributed by atoms with E-state index in [4.69, 9.17) is 0 Å². The molecule has 1 aromatic heterocycles. The van der Waals surface area contributed by atoms with Gasteiger partial charge in [-0.15, -0.1) is 0 Å². The van der Waals surface area contributed by atoms with E-state index in [2.05, 4.69) is 4.98 Å². The molecule has 2 aliphatic rings. The Morgan fingerprint density at radius 2 is 1.83 bits per heavy atom. The SMILES string of the molecule is O=C(c1ccc2ncccc2c1)N1CC2(CCC(F)(F)CC2)C1. The quantitative estimate of drug-likeness (QED) is 0.800. The summed E-state index contributed by atoms with van der Waals surface area (Å²) in [5, 5.41) is 0.936. The van der Waals surface area contributed by atoms with Gasteiger partial charge in [-0.2, -0.15) is 0 Å². The van der Waals surface area contributed by atoms with E-state index in [0.29, 0.717) is 31.5 Å². The van der Waals surface area contributed by atoms with Crippen molar-refractivity contribution in [3.05, 3.63) is 42.1 Å². The Bertz CT molecular complexity index is 756. The number of nitrogens with zero attached hydrogens (tertiary/aromatic N) is 2. The number of hydrogen-bond acceptors (Lipinski definition) is 2. The summed E-state index contributed by atoms with van der Waals surface area (Å²) in [4.78, 5) is 18.6. The fourth-order valence-corrected chi connectivity index (χ4v) is 3.76. The summed E-state index contributed by atoms with van der Waals surface area (Å²) in [6, 6.07) is 9.26. The average molecular weight is 316 g/mol. The van der Waals surface area contributed by atoms with Gasteiger partial charge in [0.15, 0.2) is 0 Å². The molecular formula is C18H18F2N2O. The van der Waals surface area contributed by atoms with Gasteiger partial charge in [0.25, 0.3) is 5.91 Å². The molecule has 120 valence electrons. The molecule has 2 fully saturated rings. The monoisotopic (exact) mass is 316 g/mol. The highest BCUT2D eigenvalue weighted by molar-refractivity contribution is 5.98. The molecule has 5 heteroatoms. The number of pyridine rings is 1. The third kappa shape index (κ3) is 2.58. The van der Waals surface area contributed by atoms with Crippen LogP contribution in [0.5, 0.6) is 0 Å². The molecule has 2 aromatic rings. The predicted octanol–water partition coefficient (Wildman–Crippen LogP) is 3.89. The summed E-state index contributed by atoms with van der Waals surface area (Å²) in [7, 11) is 0. The summed E-state index contributed by atoms with van der Waals surface area (Å²) in [5.41, 5.74) is 1.43. The minimum atomic E-state index is -2.51. The van der Waals surface area contributed by atoms with Crippen molar-refractivity contribution in [1.82, 2.24) is 9.88 Å². The van der Waals surface area contributed by atoms with Crippen LogP contribution in [0.2, 0.25) is 0 Å². The molecule has 0 bridgehead atoms. The highest BCUT2D eigenvalue weighted by Crippen LogP contribution is 2.48. The first-order valence-corrected chi connectivity index (χ1v) is 7.98. The molecule has 0 unspecified atom stereocenters. The van der Waals surface area contributed by atoms with Crippen molar-refractivity contribution in [3.8, 4) is 0 Å². The lowest BCUT2D eigenvalue weighted by molar-refractivity contribution is -0.103. The van der Waals surface area contributed by atoms with Crippen LogP contribution in [0.4, 0.5) is 8.78 Å². The first-order chi connectivity index (χ1) is 11.0. The number of likely N-dealkylation sites (tertiary alicyclic amines) is 1. The fraction of sp³-hybridized carbons (Fsp3) is 0.444. The molecule has 1 aliphatic heterocycles. The maximum atomic E-state index is 13.3. The summed E-state index contributed by atoms with van der Waals surface area (Å²) < 4.78 is 26.6. The van der Waals surface area contributed by atoms with Crippen LogP contribution in [0.1, 0.15) is 36.0 Å². The van der Waals surface area contributed by atoms with Crippen LogP contribution in [-0.4, -0.2) is 34.8 Å². The first-order valence-electron chi connectivity index (χ1n) is 7.98. The molecule has 0 N–H and O–H groups in total. The number of alkyl halides is 2. The minimum absolute atomic E-state index is 0.0151. The van der Waals surface area contributed by atoms with E-state index in [1.165, 1.54) is 0 Å². The Kier molecular flexibility index (Phi) is 3.15. The van der Waals surface area contributed by atoms with E-state index in [9.17, 15) is 13.6 Å². The maximum absolute atomic E-state index is 13.3. The highest BCUT2D eigenvalue weighted by atomic mass is 19.3. The molecule has 23 heavy (non-hydrogen) atoms. The number of halogens is 2. The summed E-state index contributed by atoms with van der Waals surface area (Å²) in [6.07, 6.45) is 2.67. The molecule has 1 amide bonds. The molecule has 0 radical (unpaired) electrons. The van der Waals surface area contributed by atoms with Gasteiger partial charge in [0.2, 0.25) is 5.92 Å². The van der Waals surface area contributed by atoms with Gasteiger partial charge in [0.05, 0.1) is 5.52 Å². The summed E-state index contributed by atoms with van der Waals surface area (Å²) in [5.74, 6) is -2.53. The van der Waals surface area contributed by atoms with Crippen LogP contribution < -0.4 is 0 Å². The fourth-order valence-electron chi connectivity index (χ4n) is 3.76. The second-order valence-corrected chi connectivity index (χ2v) is 6.93. The molecule has 4 rings (SSSR count). The molecule has 1 spiro atoms. The lowest BCUT2D eigenvalue weighted by atomic mass is 9.67. The van der Waals surface area contributed by atoms with Crippen molar-refractivity contribution in [3.63, 3.8) is 0 Å². The number of fused-ring (bicyclic) bond motifs is 1. The summed E-state index contributed by atoms with van der Waals surface area (Å²) in [6.45, 7) is 1.21. The lowest BCUT2D eigenvalue weighted by Gasteiger charge is -2.53. The second kappa shape index (κ2) is 4.98. The number of carbonyl (C=O) groups excluding carboxylic acids is 1. The van der Waals surface area contributed by atoms with Gasteiger partial charge in [-0.1, -0.05) is 6.07 Å². The molecule has 1 saturated heterocycles. The zero-order chi connectivity index (χ0) is 16.1. The number of hydrogen-bond donors (Lipinski definition) is 0. The molecular weight excluding hydrogens is 298 g/mol. The molecule has 1 saturated carbocycles. The Morgan fingerprint density at radius 3 is 2.57 bits per heavy atom. The minimum Gasteiger partial charge on any atom is -0.337 e. The van der Waals surface area contributed by atoms with Crippen molar-refractivity contribution < 1.29 is 13.6 Å². The number of amides is 1. The predicted molar refractivity (Wildman–Crippen MR) is 83.5 cm³/mol. The molecule has 1 aliphatic carbocycles. The van der Waals surface area contributed by atoms with E-state index >= 15 is 0 Å². The Morgan fingerprint density at radius 1 is 1.09 bits per heavy atom. The number of benzene rings is 1. The van der Waals surface area contributed by atoms with Crippen LogP contribution in [0.25, 0.3) is 10.9 Å². The molecule has 3 nitrogen and oxygen atoms in total. The van der Waals surface area contributed by atoms with Crippen molar-refractivity contribution in [1.29, 1.82) is 0 Å². The largest absolute Gasteiger partial charge is 0.337 e. The smallest absolute Gasteiger partial charge is 0.253 e. The van der Waals surface area contributed by atoms with E-state index in [1.807, 2.05) is 24.3 Å². The first kappa shape index (κ1) is 14.5. The van der Waals surface area contributed by atoms with Crippen molar-refractivity contribution in [2.75, 3.05) is 13.1 Å². The van der Waals surface area contributed by atoms with Crippen LogP contribution in [0, 0.1) is 5.41 Å². The van der Waals surface area contributed by atoms with Crippen molar-refractivity contribution in [2.24, 2.45) is 5.41 Å². The van der Waals surface area contributed by atoms with Crippen LogP contribution >= 0.6 is 0 Å². The maximum Gasteiger partial charge on any atom is 0.253 e. The molecule has 2 heterocycles. The number of rotatable bonds is 1. The zero-order valence-electron chi connectivity index (χ0n) is 12.8. The van der Waals surface area contributed by atoms with E-state index < -0.39 is 5.92 Å². The second-order valence-electron chi connectivity index (χ2n) is 6.93. The normalized spacial score (nSPS) is 22.1. The third-order valence-corrected chi connectivity index (χ3v) is 5.23. The third-order valence-electron chi connectivity index (χ3n) is 5.23. The van der Waals surface area contributed by atoms with Crippen LogP contribution in [0.3, 0.4) is 0 Å². The van der Waals surface area contributed by atoms with Gasteiger partial charge >= 0.3 is 0 Å². The van der Waals surface area contributed by atoms with Gasteiger partial charge in [0.1, 0.15) is 0 Å². The highest BCUT2D eigenvalue weighted by Gasteiger charge is 2.50. The van der Waals surface area contributed by atoms with Crippen molar-refractivity contribution >= 4 is 16.8 Å². The van der Waals surface area contributed by atoms with Crippen LogP contribution in [-0.2, 0) is 0 Å². The van der Waals surface area contributed by atoms with E-state index in [0.717, 1.165) is 10.9 Å². The number of aromatic nitrogens is 1. The van der Waals surface area contributed by atoms with Gasteiger partial charge in [-0.25, -0.2) is 8.78 Å². The lowest BCUT2D eigenvalue weighted by Crippen LogP contribution is -2.60. The molecule has 0 atom stereocenters. The van der Waals surface area contributed by atoms with Crippen molar-refractivity contribution in [2.45, 2.75) is 31.6 Å². The van der Waals surface area contributed by atoms with E-state index in [-0.39, 0.29) is 24.2 Å². The number of carbonyl (C=O) groups is 1. The topological polar surface area (TPSA) is 33.2 Å². The zero-order valence-corrected chi connectivity index (χ0v) is 12.8. The standard InChI is InChI=1S/C18H18F2N2O/c19-18(20)7-5-17(6-8-18)11-22(12-17)16(23)14-3-4-15-13(10-14)2-1-9-21-15/h1-4,9-10H,5-8,11-12H2. The van der Waals surface area contributed by atoms with Gasteiger partial charge < -0.3 is 4.90 Å². The van der Waals surface area contributed by atoms with Crippen LogP contribution in [0.15, 0.2) is 36.5 Å². The Labute approximate surface area is 133 Å². The average Bonchev–Trinajstić information content (AvgIpc) is 2.52.